The summed E-state index contributed by atoms with van der Waals surface area (Å²) in [5, 5.41) is 7.43. The highest BCUT2D eigenvalue weighted by Crippen LogP contribution is 2.18. The number of carbonyl (C=O) groups is 2. The lowest BCUT2D eigenvalue weighted by Gasteiger charge is -2.19. The fraction of sp³-hybridized carbons (Fsp3) is 0.211. The molecule has 0 aromatic heterocycles. The normalized spacial score (nSPS) is 16.5. The summed E-state index contributed by atoms with van der Waals surface area (Å²) in [5.41, 5.74) is 5.68. The number of nitrogens with one attached hydrogen (secondary N) is 2. The fourth-order valence-electron chi connectivity index (χ4n) is 2.61. The minimum Gasteiger partial charge on any atom is -0.444 e. The molecule has 0 bridgehead atoms. The van der Waals surface area contributed by atoms with Crippen molar-refractivity contribution in [3.8, 4) is 0 Å². The van der Waals surface area contributed by atoms with E-state index in [-0.39, 0.29) is 18.4 Å². The number of ether oxygens (including phenoxy) is 1. The number of benzene rings is 2. The number of hydrogen-bond acceptors (Lipinski definition) is 4. The zero-order valence-corrected chi connectivity index (χ0v) is 14.9. The van der Waals surface area contributed by atoms with Crippen LogP contribution in [0, 0.1) is 5.92 Å². The van der Waals surface area contributed by atoms with E-state index in [9.17, 15) is 9.59 Å². The third-order valence-electron chi connectivity index (χ3n) is 3.97. The second-order valence-corrected chi connectivity index (χ2v) is 6.48. The molecule has 3 rings (SSSR count). The summed E-state index contributed by atoms with van der Waals surface area (Å²) in [5.74, 6) is -0.0325. The minimum atomic E-state index is -0.539. The molecule has 2 aromatic carbocycles. The van der Waals surface area contributed by atoms with Gasteiger partial charge in [-0.25, -0.2) is 10.2 Å². The SMILES string of the molecule is CC1CC(=O)NN=C1c1ccc(NC(=O)OCc2ccc(Cl)cc2)cc1. The van der Waals surface area contributed by atoms with Gasteiger partial charge in [0, 0.05) is 23.0 Å². The summed E-state index contributed by atoms with van der Waals surface area (Å²) in [7, 11) is 0. The van der Waals surface area contributed by atoms with Gasteiger partial charge in [-0.1, -0.05) is 42.8 Å². The first-order chi connectivity index (χ1) is 12.5. The third kappa shape index (κ3) is 4.61. The van der Waals surface area contributed by atoms with E-state index in [1.54, 1.807) is 36.4 Å². The van der Waals surface area contributed by atoms with E-state index in [1.165, 1.54) is 0 Å². The van der Waals surface area contributed by atoms with Crippen LogP contribution in [0.3, 0.4) is 0 Å². The third-order valence-corrected chi connectivity index (χ3v) is 4.22. The Morgan fingerprint density at radius 2 is 1.92 bits per heavy atom. The van der Waals surface area contributed by atoms with E-state index in [0.717, 1.165) is 16.8 Å². The second-order valence-electron chi connectivity index (χ2n) is 6.04. The van der Waals surface area contributed by atoms with Crippen LogP contribution in [0.4, 0.5) is 10.5 Å². The van der Waals surface area contributed by atoms with Crippen molar-refractivity contribution in [2.75, 3.05) is 5.32 Å². The number of nitrogens with zero attached hydrogens (tertiary/aromatic N) is 1. The van der Waals surface area contributed by atoms with Crippen LogP contribution in [-0.4, -0.2) is 17.7 Å². The van der Waals surface area contributed by atoms with Crippen molar-refractivity contribution in [3.05, 3.63) is 64.7 Å². The van der Waals surface area contributed by atoms with Crippen LogP contribution in [0.1, 0.15) is 24.5 Å². The highest BCUT2D eigenvalue weighted by molar-refractivity contribution is 6.30. The molecule has 2 amide bonds. The maximum Gasteiger partial charge on any atom is 0.411 e. The quantitative estimate of drug-likeness (QED) is 0.854. The summed E-state index contributed by atoms with van der Waals surface area (Å²) < 4.78 is 5.18. The molecule has 2 N–H and O–H groups in total. The van der Waals surface area contributed by atoms with Gasteiger partial charge in [-0.15, -0.1) is 0 Å². The molecule has 26 heavy (non-hydrogen) atoms. The molecule has 0 saturated carbocycles. The molecular formula is C19H18ClN3O3. The lowest BCUT2D eigenvalue weighted by Crippen LogP contribution is -2.31. The number of halogens is 1. The minimum absolute atomic E-state index is 0.0481. The largest absolute Gasteiger partial charge is 0.444 e. The smallest absolute Gasteiger partial charge is 0.411 e. The van der Waals surface area contributed by atoms with Crippen molar-refractivity contribution in [1.29, 1.82) is 0 Å². The van der Waals surface area contributed by atoms with Crippen LogP contribution in [0.5, 0.6) is 0 Å². The molecule has 0 fully saturated rings. The van der Waals surface area contributed by atoms with Crippen molar-refractivity contribution in [1.82, 2.24) is 5.43 Å². The number of carbonyl (C=O) groups excluding carboxylic acids is 2. The molecular weight excluding hydrogens is 354 g/mol. The van der Waals surface area contributed by atoms with Crippen molar-refractivity contribution in [2.24, 2.45) is 11.0 Å². The molecule has 1 aliphatic heterocycles. The Morgan fingerprint density at radius 1 is 1.23 bits per heavy atom. The zero-order valence-electron chi connectivity index (χ0n) is 14.2. The molecule has 7 heteroatoms. The molecule has 1 aliphatic rings. The Hall–Kier alpha value is -2.86. The van der Waals surface area contributed by atoms with Crippen molar-refractivity contribution < 1.29 is 14.3 Å². The van der Waals surface area contributed by atoms with Gasteiger partial charge in [-0.05, 0) is 35.4 Å². The number of amides is 2. The van der Waals surface area contributed by atoms with Crippen molar-refractivity contribution >= 4 is 35.0 Å². The van der Waals surface area contributed by atoms with E-state index in [4.69, 9.17) is 16.3 Å². The second kappa shape index (κ2) is 8.01. The Balaban J connectivity index is 1.56. The van der Waals surface area contributed by atoms with Gasteiger partial charge in [0.2, 0.25) is 5.91 Å². The standard InChI is InChI=1S/C19H18ClN3O3/c1-12-10-17(24)22-23-18(12)14-4-8-16(9-5-14)21-19(25)26-11-13-2-6-15(20)7-3-13/h2-9,12H,10-11H2,1H3,(H,21,25)(H,22,24). The van der Waals surface area contributed by atoms with Gasteiger partial charge < -0.3 is 4.74 Å². The first-order valence-electron chi connectivity index (χ1n) is 8.16. The summed E-state index contributed by atoms with van der Waals surface area (Å²) in [6.07, 6.45) is -0.126. The maximum absolute atomic E-state index is 11.9. The van der Waals surface area contributed by atoms with E-state index in [0.29, 0.717) is 17.1 Å². The van der Waals surface area contributed by atoms with Crippen LogP contribution in [0.15, 0.2) is 53.6 Å². The highest BCUT2D eigenvalue weighted by atomic mass is 35.5. The Morgan fingerprint density at radius 3 is 2.58 bits per heavy atom. The van der Waals surface area contributed by atoms with E-state index >= 15 is 0 Å². The Kier molecular flexibility index (Phi) is 5.53. The molecule has 2 aromatic rings. The maximum atomic E-state index is 11.9. The average Bonchev–Trinajstić information content (AvgIpc) is 2.62. The summed E-state index contributed by atoms with van der Waals surface area (Å²) in [6, 6.07) is 14.3. The van der Waals surface area contributed by atoms with Crippen LogP contribution in [0.2, 0.25) is 5.02 Å². The van der Waals surface area contributed by atoms with Gasteiger partial charge in [-0.2, -0.15) is 5.10 Å². The van der Waals surface area contributed by atoms with E-state index < -0.39 is 6.09 Å². The molecule has 1 heterocycles. The number of rotatable bonds is 4. The number of hydrazone groups is 1. The molecule has 0 spiro atoms. The molecule has 6 nitrogen and oxygen atoms in total. The van der Waals surface area contributed by atoms with Crippen LogP contribution >= 0.6 is 11.6 Å². The van der Waals surface area contributed by atoms with E-state index in [1.807, 2.05) is 19.1 Å². The Bertz CT molecular complexity index is 832. The lowest BCUT2D eigenvalue weighted by atomic mass is 9.94. The number of hydrogen-bond donors (Lipinski definition) is 2. The fourth-order valence-corrected chi connectivity index (χ4v) is 2.74. The van der Waals surface area contributed by atoms with Crippen molar-refractivity contribution in [2.45, 2.75) is 20.0 Å². The number of anilines is 1. The van der Waals surface area contributed by atoms with E-state index in [2.05, 4.69) is 15.8 Å². The van der Waals surface area contributed by atoms with Gasteiger partial charge in [-0.3, -0.25) is 10.1 Å². The first-order valence-corrected chi connectivity index (χ1v) is 8.54. The molecule has 134 valence electrons. The molecule has 1 unspecified atom stereocenters. The lowest BCUT2D eigenvalue weighted by molar-refractivity contribution is -0.121. The van der Waals surface area contributed by atoms with Gasteiger partial charge in [0.25, 0.3) is 0 Å². The molecule has 0 saturated heterocycles. The molecule has 0 radical (unpaired) electrons. The monoisotopic (exact) mass is 371 g/mol. The first kappa shape index (κ1) is 17.9. The van der Waals surface area contributed by atoms with Gasteiger partial charge in [0.1, 0.15) is 6.61 Å². The Labute approximate surface area is 156 Å². The molecule has 1 atom stereocenters. The zero-order chi connectivity index (χ0) is 18.5. The molecule has 0 aliphatic carbocycles. The van der Waals surface area contributed by atoms with Gasteiger partial charge >= 0.3 is 6.09 Å². The van der Waals surface area contributed by atoms with Crippen LogP contribution in [-0.2, 0) is 16.1 Å². The van der Waals surface area contributed by atoms with Crippen molar-refractivity contribution in [3.63, 3.8) is 0 Å². The predicted molar refractivity (Wildman–Crippen MR) is 100 cm³/mol. The summed E-state index contributed by atoms with van der Waals surface area (Å²) in [6.45, 7) is 2.12. The topological polar surface area (TPSA) is 79.8 Å². The summed E-state index contributed by atoms with van der Waals surface area (Å²) in [4.78, 5) is 23.2. The van der Waals surface area contributed by atoms with Gasteiger partial charge in [0.15, 0.2) is 0 Å². The van der Waals surface area contributed by atoms with Crippen LogP contribution < -0.4 is 10.7 Å². The predicted octanol–water partition coefficient (Wildman–Crippen LogP) is 3.95. The van der Waals surface area contributed by atoms with Crippen LogP contribution in [0.25, 0.3) is 0 Å². The average molecular weight is 372 g/mol. The van der Waals surface area contributed by atoms with Gasteiger partial charge in [0.05, 0.1) is 5.71 Å². The summed E-state index contributed by atoms with van der Waals surface area (Å²) >= 11 is 5.82. The highest BCUT2D eigenvalue weighted by Gasteiger charge is 2.21.